The number of imidazole rings is 1. The Morgan fingerprint density at radius 2 is 1.81 bits per heavy atom. The Hall–Kier alpha value is -1.81. The molecule has 21 heavy (non-hydrogen) atoms. The molecule has 0 aliphatic carbocycles. The quantitative estimate of drug-likeness (QED) is 0.881. The van der Waals surface area contributed by atoms with Crippen LogP contribution in [-0.4, -0.2) is 15.7 Å². The minimum Gasteiger partial charge on any atom is -0.491 e. The van der Waals surface area contributed by atoms with Gasteiger partial charge < -0.3 is 15.0 Å². The molecule has 4 nitrogen and oxygen atoms in total. The second-order valence-corrected chi connectivity index (χ2v) is 6.09. The lowest BCUT2D eigenvalue weighted by molar-refractivity contribution is 0.242. The summed E-state index contributed by atoms with van der Waals surface area (Å²) in [6, 6.07) is 8.02. The van der Waals surface area contributed by atoms with E-state index in [-0.39, 0.29) is 12.1 Å². The van der Waals surface area contributed by atoms with Crippen molar-refractivity contribution in [3.8, 4) is 11.4 Å². The zero-order chi connectivity index (χ0) is 15.4. The summed E-state index contributed by atoms with van der Waals surface area (Å²) in [7, 11) is 0. The summed E-state index contributed by atoms with van der Waals surface area (Å²) in [5.41, 5.74) is 8.39. The van der Waals surface area contributed by atoms with Gasteiger partial charge in [0.2, 0.25) is 0 Å². The molecular formula is C17H25N3O. The van der Waals surface area contributed by atoms with Gasteiger partial charge in [-0.2, -0.15) is 0 Å². The molecule has 4 heteroatoms. The van der Waals surface area contributed by atoms with E-state index in [4.69, 9.17) is 10.5 Å². The van der Waals surface area contributed by atoms with Crippen molar-refractivity contribution in [3.63, 3.8) is 0 Å². The van der Waals surface area contributed by atoms with E-state index in [0.717, 1.165) is 23.6 Å². The van der Waals surface area contributed by atoms with Crippen LogP contribution < -0.4 is 10.5 Å². The third kappa shape index (κ3) is 4.08. The highest BCUT2D eigenvalue weighted by Gasteiger charge is 2.14. The molecule has 1 unspecified atom stereocenters. The number of nitrogens with two attached hydrogens (primary N) is 1. The zero-order valence-corrected chi connectivity index (χ0v) is 13.3. The van der Waals surface area contributed by atoms with Crippen LogP contribution in [0.2, 0.25) is 0 Å². The fourth-order valence-corrected chi connectivity index (χ4v) is 2.38. The Kier molecular flexibility index (Phi) is 5.02. The van der Waals surface area contributed by atoms with Gasteiger partial charge in [0.1, 0.15) is 5.75 Å². The molecule has 0 saturated heterocycles. The summed E-state index contributed by atoms with van der Waals surface area (Å²) in [6.07, 6.45) is 4.79. The van der Waals surface area contributed by atoms with Crippen molar-refractivity contribution in [2.45, 2.75) is 46.3 Å². The van der Waals surface area contributed by atoms with Gasteiger partial charge in [0.25, 0.3) is 0 Å². The number of hydrogen-bond acceptors (Lipinski definition) is 3. The van der Waals surface area contributed by atoms with Crippen LogP contribution in [-0.2, 0) is 0 Å². The van der Waals surface area contributed by atoms with Gasteiger partial charge in [-0.25, -0.2) is 4.98 Å². The average Bonchev–Trinajstić information content (AvgIpc) is 2.87. The number of aromatic nitrogens is 2. The highest BCUT2D eigenvalue weighted by Crippen LogP contribution is 2.23. The van der Waals surface area contributed by atoms with E-state index < -0.39 is 0 Å². The molecule has 1 aromatic carbocycles. The fraction of sp³-hybridized carbons (Fsp3) is 0.471. The van der Waals surface area contributed by atoms with Gasteiger partial charge in [0.15, 0.2) is 0 Å². The number of hydrogen-bond donors (Lipinski definition) is 1. The molecular weight excluding hydrogens is 262 g/mol. The molecule has 114 valence electrons. The maximum absolute atomic E-state index is 6.29. The van der Waals surface area contributed by atoms with E-state index in [9.17, 15) is 0 Å². The molecule has 0 amide bonds. The van der Waals surface area contributed by atoms with Crippen molar-refractivity contribution >= 4 is 0 Å². The van der Waals surface area contributed by atoms with Crippen molar-refractivity contribution in [2.75, 3.05) is 0 Å². The minimum absolute atomic E-state index is 0.000842. The maximum atomic E-state index is 6.29. The van der Waals surface area contributed by atoms with Crippen molar-refractivity contribution < 1.29 is 4.74 Å². The first-order chi connectivity index (χ1) is 9.97. The third-order valence-electron chi connectivity index (χ3n) is 3.26. The van der Waals surface area contributed by atoms with Crippen LogP contribution >= 0.6 is 0 Å². The van der Waals surface area contributed by atoms with Crippen LogP contribution in [0.5, 0.6) is 5.75 Å². The van der Waals surface area contributed by atoms with E-state index in [1.54, 1.807) is 0 Å². The number of nitrogens with zero attached hydrogens (tertiary/aromatic N) is 2. The van der Waals surface area contributed by atoms with E-state index in [1.807, 2.05) is 55.2 Å². The van der Waals surface area contributed by atoms with Crippen LogP contribution in [0.25, 0.3) is 5.69 Å². The summed E-state index contributed by atoms with van der Waals surface area (Å²) in [5, 5.41) is 0. The first-order valence-corrected chi connectivity index (χ1v) is 7.52. The van der Waals surface area contributed by atoms with E-state index in [0.29, 0.717) is 5.92 Å². The first-order valence-electron chi connectivity index (χ1n) is 7.52. The smallest absolute Gasteiger partial charge is 0.119 e. The van der Waals surface area contributed by atoms with Gasteiger partial charge >= 0.3 is 0 Å². The summed E-state index contributed by atoms with van der Waals surface area (Å²) < 4.78 is 7.72. The van der Waals surface area contributed by atoms with Crippen LogP contribution in [0.15, 0.2) is 36.8 Å². The van der Waals surface area contributed by atoms with Gasteiger partial charge in [-0.05, 0) is 50.5 Å². The number of ether oxygens (including phenoxy) is 1. The Morgan fingerprint density at radius 1 is 1.14 bits per heavy atom. The van der Waals surface area contributed by atoms with Crippen molar-refractivity contribution in [2.24, 2.45) is 11.7 Å². The second-order valence-electron chi connectivity index (χ2n) is 6.09. The lowest BCUT2D eigenvalue weighted by atomic mass is 10.0. The van der Waals surface area contributed by atoms with Crippen molar-refractivity contribution in [3.05, 3.63) is 42.5 Å². The largest absolute Gasteiger partial charge is 0.491 e. The Morgan fingerprint density at radius 3 is 2.38 bits per heavy atom. The highest BCUT2D eigenvalue weighted by molar-refractivity contribution is 5.39. The predicted molar refractivity (Wildman–Crippen MR) is 85.7 cm³/mol. The Labute approximate surface area is 127 Å². The van der Waals surface area contributed by atoms with Gasteiger partial charge in [0.05, 0.1) is 24.3 Å². The average molecular weight is 287 g/mol. The molecule has 2 rings (SSSR count). The zero-order valence-electron chi connectivity index (χ0n) is 13.3. The first kappa shape index (κ1) is 15.6. The number of rotatable bonds is 6. The summed E-state index contributed by atoms with van der Waals surface area (Å²) in [4.78, 5) is 4.25. The lowest BCUT2D eigenvalue weighted by Gasteiger charge is -2.17. The van der Waals surface area contributed by atoms with Crippen molar-refractivity contribution in [1.29, 1.82) is 0 Å². The van der Waals surface area contributed by atoms with Gasteiger partial charge in [-0.3, -0.25) is 0 Å². The van der Waals surface area contributed by atoms with Crippen LogP contribution in [0.1, 0.15) is 45.9 Å². The van der Waals surface area contributed by atoms with Crippen LogP contribution in [0, 0.1) is 5.92 Å². The Bertz CT molecular complexity index is 558. The molecule has 0 spiro atoms. The highest BCUT2D eigenvalue weighted by atomic mass is 16.5. The molecule has 0 saturated carbocycles. The van der Waals surface area contributed by atoms with E-state index in [1.165, 1.54) is 0 Å². The third-order valence-corrected chi connectivity index (χ3v) is 3.26. The van der Waals surface area contributed by atoms with Crippen LogP contribution in [0.4, 0.5) is 0 Å². The molecule has 1 atom stereocenters. The van der Waals surface area contributed by atoms with Crippen LogP contribution in [0.3, 0.4) is 0 Å². The minimum atomic E-state index is -0.000842. The molecule has 0 bridgehead atoms. The summed E-state index contributed by atoms with van der Waals surface area (Å²) in [5.74, 6) is 1.44. The molecule has 0 aliphatic rings. The predicted octanol–water partition coefficient (Wildman–Crippen LogP) is 3.71. The normalized spacial score (nSPS) is 12.9. The van der Waals surface area contributed by atoms with Gasteiger partial charge in [-0.15, -0.1) is 0 Å². The molecule has 2 N–H and O–H groups in total. The molecule has 0 aliphatic heterocycles. The fourth-order valence-electron chi connectivity index (χ4n) is 2.38. The monoisotopic (exact) mass is 287 g/mol. The molecule has 0 radical (unpaired) electrons. The second kappa shape index (κ2) is 6.76. The van der Waals surface area contributed by atoms with E-state index in [2.05, 4.69) is 18.8 Å². The Balaban J connectivity index is 2.21. The standard InChI is InChI=1S/C17H25N3O/c1-12(2)9-16(18)17-10-19-11-20(17)14-5-7-15(8-6-14)21-13(3)4/h5-8,10-13,16H,9,18H2,1-4H3. The SMILES string of the molecule is CC(C)CC(N)c1cncn1-c1ccc(OC(C)C)cc1. The van der Waals surface area contributed by atoms with E-state index >= 15 is 0 Å². The molecule has 0 fully saturated rings. The van der Waals surface area contributed by atoms with Crippen molar-refractivity contribution in [1.82, 2.24) is 9.55 Å². The maximum Gasteiger partial charge on any atom is 0.119 e. The van der Waals surface area contributed by atoms with Gasteiger partial charge in [-0.1, -0.05) is 13.8 Å². The topological polar surface area (TPSA) is 53.1 Å². The molecule has 1 aromatic heterocycles. The molecule has 1 heterocycles. The van der Waals surface area contributed by atoms with Gasteiger partial charge in [0, 0.05) is 11.7 Å². The molecule has 2 aromatic rings. The number of benzene rings is 1. The lowest BCUT2D eigenvalue weighted by Crippen LogP contribution is -2.16. The summed E-state index contributed by atoms with van der Waals surface area (Å²) in [6.45, 7) is 8.40. The summed E-state index contributed by atoms with van der Waals surface area (Å²) >= 11 is 0.